The van der Waals surface area contributed by atoms with Crippen LogP contribution in [0.25, 0.3) is 0 Å². The molecule has 0 aliphatic carbocycles. The van der Waals surface area contributed by atoms with Crippen molar-refractivity contribution in [3.8, 4) is 5.75 Å². The third-order valence-corrected chi connectivity index (χ3v) is 2.52. The van der Waals surface area contributed by atoms with Gasteiger partial charge in [-0.2, -0.15) is 0 Å². The van der Waals surface area contributed by atoms with Crippen LogP contribution in [-0.4, -0.2) is 18.0 Å². The van der Waals surface area contributed by atoms with Gasteiger partial charge in [-0.05, 0) is 18.2 Å². The van der Waals surface area contributed by atoms with Gasteiger partial charge < -0.3 is 10.1 Å². The number of carbonyl (C=O) groups is 1. The lowest BCUT2D eigenvalue weighted by molar-refractivity contribution is 0.102. The van der Waals surface area contributed by atoms with E-state index in [4.69, 9.17) is 16.3 Å². The quantitative estimate of drug-likeness (QED) is 0.879. The number of halogens is 2. The first-order valence-electron chi connectivity index (χ1n) is 5.37. The monoisotopic (exact) mass is 280 g/mol. The molecule has 0 aliphatic rings. The highest BCUT2D eigenvalue weighted by atomic mass is 35.5. The highest BCUT2D eigenvalue weighted by Crippen LogP contribution is 2.20. The minimum absolute atomic E-state index is 0.149. The highest BCUT2D eigenvalue weighted by molar-refractivity contribution is 6.29. The summed E-state index contributed by atoms with van der Waals surface area (Å²) in [5.74, 6) is -0.668. The smallest absolute Gasteiger partial charge is 0.274 e. The summed E-state index contributed by atoms with van der Waals surface area (Å²) in [6.07, 6.45) is 0. The summed E-state index contributed by atoms with van der Waals surface area (Å²) in [6.45, 7) is 0. The molecule has 0 spiro atoms. The van der Waals surface area contributed by atoms with Gasteiger partial charge >= 0.3 is 0 Å². The average Bonchev–Trinajstić information content (AvgIpc) is 2.38. The van der Waals surface area contributed by atoms with E-state index < -0.39 is 11.7 Å². The standard InChI is InChI=1S/C13H10ClFN2O2/c1-19-10-6-8(15)5-9(7-10)16-13(18)11-3-2-4-12(14)17-11/h2-7H,1H3,(H,16,18). The lowest BCUT2D eigenvalue weighted by Crippen LogP contribution is -2.13. The van der Waals surface area contributed by atoms with Crippen molar-refractivity contribution < 1.29 is 13.9 Å². The Balaban J connectivity index is 2.21. The van der Waals surface area contributed by atoms with Crippen LogP contribution < -0.4 is 10.1 Å². The van der Waals surface area contributed by atoms with Gasteiger partial charge in [0.15, 0.2) is 0 Å². The lowest BCUT2D eigenvalue weighted by atomic mass is 10.2. The number of nitrogens with zero attached hydrogens (tertiary/aromatic N) is 1. The molecule has 1 aromatic carbocycles. The molecule has 0 aliphatic heterocycles. The predicted molar refractivity (Wildman–Crippen MR) is 70.2 cm³/mol. The lowest BCUT2D eigenvalue weighted by Gasteiger charge is -2.07. The van der Waals surface area contributed by atoms with Crippen molar-refractivity contribution in [1.82, 2.24) is 4.98 Å². The zero-order valence-corrected chi connectivity index (χ0v) is 10.7. The molecule has 0 bridgehead atoms. The van der Waals surface area contributed by atoms with Crippen molar-refractivity contribution in [3.05, 3.63) is 53.1 Å². The van der Waals surface area contributed by atoms with Gasteiger partial charge in [0.05, 0.1) is 7.11 Å². The van der Waals surface area contributed by atoms with Gasteiger partial charge in [0.2, 0.25) is 0 Å². The fourth-order valence-corrected chi connectivity index (χ4v) is 1.65. The van der Waals surface area contributed by atoms with Crippen LogP contribution in [0.1, 0.15) is 10.5 Å². The Labute approximate surface area is 114 Å². The Morgan fingerprint density at radius 3 is 2.84 bits per heavy atom. The number of methoxy groups -OCH3 is 1. The number of hydrogen-bond acceptors (Lipinski definition) is 3. The van der Waals surface area contributed by atoms with E-state index >= 15 is 0 Å². The first kappa shape index (κ1) is 13.3. The maximum absolute atomic E-state index is 13.3. The van der Waals surface area contributed by atoms with Gasteiger partial charge in [-0.1, -0.05) is 17.7 Å². The van der Waals surface area contributed by atoms with Crippen LogP contribution in [0.3, 0.4) is 0 Å². The molecule has 2 aromatic rings. The number of rotatable bonds is 3. The molecule has 98 valence electrons. The molecule has 1 N–H and O–H groups in total. The number of nitrogens with one attached hydrogen (secondary N) is 1. The largest absolute Gasteiger partial charge is 0.497 e. The Bertz CT molecular complexity index is 619. The molecule has 0 radical (unpaired) electrons. The number of carbonyl (C=O) groups excluding carboxylic acids is 1. The summed E-state index contributed by atoms with van der Waals surface area (Å²) >= 11 is 5.69. The Morgan fingerprint density at radius 1 is 1.37 bits per heavy atom. The van der Waals surface area contributed by atoms with Crippen LogP contribution in [0.15, 0.2) is 36.4 Å². The zero-order valence-electron chi connectivity index (χ0n) is 9.98. The number of aromatic nitrogens is 1. The van der Waals surface area contributed by atoms with Crippen molar-refractivity contribution >= 4 is 23.2 Å². The van der Waals surface area contributed by atoms with Gasteiger partial charge in [-0.3, -0.25) is 4.79 Å². The summed E-state index contributed by atoms with van der Waals surface area (Å²) in [6, 6.07) is 8.58. The SMILES string of the molecule is COc1cc(F)cc(NC(=O)c2cccc(Cl)n2)c1. The van der Waals surface area contributed by atoms with E-state index in [-0.39, 0.29) is 16.5 Å². The van der Waals surface area contributed by atoms with Crippen LogP contribution in [0.4, 0.5) is 10.1 Å². The first-order valence-corrected chi connectivity index (χ1v) is 5.75. The van der Waals surface area contributed by atoms with Crippen LogP contribution in [0.5, 0.6) is 5.75 Å². The molecule has 1 heterocycles. The molecule has 0 atom stereocenters. The second kappa shape index (κ2) is 5.67. The Hall–Kier alpha value is -2.14. The van der Waals surface area contributed by atoms with Crippen molar-refractivity contribution in [1.29, 1.82) is 0 Å². The third kappa shape index (κ3) is 3.42. The molecule has 0 fully saturated rings. The van der Waals surface area contributed by atoms with Crippen LogP contribution in [0.2, 0.25) is 5.15 Å². The first-order chi connectivity index (χ1) is 9.08. The van der Waals surface area contributed by atoms with Gasteiger partial charge in [0.25, 0.3) is 5.91 Å². The topological polar surface area (TPSA) is 51.2 Å². The van der Waals surface area contributed by atoms with Crippen LogP contribution in [0, 0.1) is 5.82 Å². The van der Waals surface area contributed by atoms with E-state index in [9.17, 15) is 9.18 Å². The summed E-state index contributed by atoms with van der Waals surface area (Å²) in [5.41, 5.74) is 0.430. The highest BCUT2D eigenvalue weighted by Gasteiger charge is 2.09. The summed E-state index contributed by atoms with van der Waals surface area (Å²) < 4.78 is 18.2. The molecule has 2 rings (SSSR count). The number of hydrogen-bond donors (Lipinski definition) is 1. The Kier molecular flexibility index (Phi) is 3.97. The summed E-state index contributed by atoms with van der Waals surface area (Å²) in [5, 5.41) is 2.73. The molecule has 0 unspecified atom stereocenters. The van der Waals surface area contributed by atoms with Crippen molar-refractivity contribution in [2.75, 3.05) is 12.4 Å². The maximum atomic E-state index is 13.3. The van der Waals surface area contributed by atoms with E-state index in [0.29, 0.717) is 5.75 Å². The predicted octanol–water partition coefficient (Wildman–Crippen LogP) is 3.14. The molecule has 0 saturated heterocycles. The second-order valence-electron chi connectivity index (χ2n) is 3.68. The van der Waals surface area contributed by atoms with Crippen molar-refractivity contribution in [2.45, 2.75) is 0 Å². The molecular weight excluding hydrogens is 271 g/mol. The molecule has 6 heteroatoms. The number of anilines is 1. The van der Waals surface area contributed by atoms with Gasteiger partial charge in [-0.25, -0.2) is 9.37 Å². The number of benzene rings is 1. The van der Waals surface area contributed by atoms with E-state index in [1.807, 2.05) is 0 Å². The number of ether oxygens (including phenoxy) is 1. The van der Waals surface area contributed by atoms with Crippen LogP contribution >= 0.6 is 11.6 Å². The molecular formula is C13H10ClFN2O2. The minimum atomic E-state index is -0.506. The molecule has 19 heavy (non-hydrogen) atoms. The molecule has 0 saturated carbocycles. The van der Waals surface area contributed by atoms with E-state index in [1.54, 1.807) is 12.1 Å². The van der Waals surface area contributed by atoms with Gasteiger partial charge in [-0.15, -0.1) is 0 Å². The number of pyridine rings is 1. The van der Waals surface area contributed by atoms with Gasteiger partial charge in [0.1, 0.15) is 22.4 Å². The summed E-state index contributed by atoms with van der Waals surface area (Å²) in [4.78, 5) is 15.7. The van der Waals surface area contributed by atoms with Crippen molar-refractivity contribution in [2.24, 2.45) is 0 Å². The fourth-order valence-electron chi connectivity index (χ4n) is 1.48. The maximum Gasteiger partial charge on any atom is 0.274 e. The zero-order chi connectivity index (χ0) is 13.8. The Morgan fingerprint density at radius 2 is 2.16 bits per heavy atom. The third-order valence-electron chi connectivity index (χ3n) is 2.31. The second-order valence-corrected chi connectivity index (χ2v) is 4.07. The molecule has 1 amide bonds. The average molecular weight is 281 g/mol. The van der Waals surface area contributed by atoms with Crippen LogP contribution in [-0.2, 0) is 0 Å². The number of amides is 1. The molecule has 4 nitrogen and oxygen atoms in total. The fraction of sp³-hybridized carbons (Fsp3) is 0.0769. The van der Waals surface area contributed by atoms with E-state index in [2.05, 4.69) is 10.3 Å². The normalized spacial score (nSPS) is 10.1. The van der Waals surface area contributed by atoms with Gasteiger partial charge in [0, 0.05) is 17.8 Å². The molecule has 1 aromatic heterocycles. The van der Waals surface area contributed by atoms with E-state index in [0.717, 1.165) is 0 Å². The minimum Gasteiger partial charge on any atom is -0.497 e. The van der Waals surface area contributed by atoms with E-state index in [1.165, 1.54) is 31.4 Å². The van der Waals surface area contributed by atoms with Crippen molar-refractivity contribution in [3.63, 3.8) is 0 Å². The summed E-state index contributed by atoms with van der Waals surface area (Å²) in [7, 11) is 1.42.